The molecule has 0 aromatic carbocycles. The number of hydrogen-bond acceptors (Lipinski definition) is 1. The van der Waals surface area contributed by atoms with E-state index in [2.05, 4.69) is 46.5 Å². The summed E-state index contributed by atoms with van der Waals surface area (Å²) in [7, 11) is -1.42. The van der Waals surface area contributed by atoms with Gasteiger partial charge >= 0.3 is 0 Å². The van der Waals surface area contributed by atoms with Gasteiger partial charge < -0.3 is 4.43 Å². The van der Waals surface area contributed by atoms with E-state index < -0.39 is 8.32 Å². The Morgan fingerprint density at radius 3 is 1.67 bits per heavy atom. The van der Waals surface area contributed by atoms with E-state index >= 15 is 0 Å². The standard InChI is InChI=1S/C10H22OSi/c1-8-9(10(2,3)4)11-12(5,6)7/h8H,1-7H3/b9-8+. The van der Waals surface area contributed by atoms with Gasteiger partial charge in [0.05, 0.1) is 5.76 Å². The summed E-state index contributed by atoms with van der Waals surface area (Å²) in [5, 5.41) is 0. The Labute approximate surface area is 78.0 Å². The highest BCUT2D eigenvalue weighted by Gasteiger charge is 2.24. The van der Waals surface area contributed by atoms with Gasteiger partial charge in [-0.15, -0.1) is 0 Å². The van der Waals surface area contributed by atoms with Crippen LogP contribution >= 0.6 is 0 Å². The normalized spacial score (nSPS) is 14.8. The summed E-state index contributed by atoms with van der Waals surface area (Å²) >= 11 is 0. The van der Waals surface area contributed by atoms with Crippen molar-refractivity contribution in [3.8, 4) is 0 Å². The van der Waals surface area contributed by atoms with Crippen molar-refractivity contribution in [1.29, 1.82) is 0 Å². The summed E-state index contributed by atoms with van der Waals surface area (Å²) in [5.74, 6) is 1.13. The van der Waals surface area contributed by atoms with Crippen molar-refractivity contribution < 1.29 is 4.43 Å². The third kappa shape index (κ3) is 4.60. The molecule has 0 aliphatic heterocycles. The molecule has 0 radical (unpaired) electrons. The zero-order valence-corrected chi connectivity index (χ0v) is 10.5. The molecule has 0 unspecified atom stereocenters. The van der Waals surface area contributed by atoms with Crippen LogP contribution in [0.3, 0.4) is 0 Å². The van der Waals surface area contributed by atoms with Crippen LogP contribution in [0.2, 0.25) is 19.6 Å². The Bertz CT molecular complexity index is 169. The summed E-state index contributed by atoms with van der Waals surface area (Å²) in [4.78, 5) is 0. The van der Waals surface area contributed by atoms with Crippen LogP contribution in [-0.4, -0.2) is 8.32 Å². The fourth-order valence-electron chi connectivity index (χ4n) is 0.975. The highest BCUT2D eigenvalue weighted by Crippen LogP contribution is 2.28. The van der Waals surface area contributed by atoms with Crippen molar-refractivity contribution in [1.82, 2.24) is 0 Å². The van der Waals surface area contributed by atoms with Crippen molar-refractivity contribution in [2.24, 2.45) is 5.41 Å². The van der Waals surface area contributed by atoms with Crippen LogP contribution in [0.4, 0.5) is 0 Å². The Kier molecular flexibility index (Phi) is 3.57. The summed E-state index contributed by atoms with van der Waals surface area (Å²) in [6, 6.07) is 0. The Morgan fingerprint density at radius 1 is 1.17 bits per heavy atom. The quantitative estimate of drug-likeness (QED) is 0.471. The van der Waals surface area contributed by atoms with Gasteiger partial charge in [-0.1, -0.05) is 26.8 Å². The highest BCUT2D eigenvalue weighted by molar-refractivity contribution is 6.70. The largest absolute Gasteiger partial charge is 0.547 e. The zero-order valence-electron chi connectivity index (χ0n) is 9.49. The van der Waals surface area contributed by atoms with Crippen molar-refractivity contribution in [2.45, 2.75) is 47.3 Å². The Hall–Kier alpha value is -0.243. The van der Waals surface area contributed by atoms with E-state index in [1.165, 1.54) is 0 Å². The van der Waals surface area contributed by atoms with E-state index in [1.807, 2.05) is 6.92 Å². The van der Waals surface area contributed by atoms with E-state index in [0.717, 1.165) is 5.76 Å². The molecule has 0 rings (SSSR count). The van der Waals surface area contributed by atoms with Crippen molar-refractivity contribution in [2.75, 3.05) is 0 Å². The minimum absolute atomic E-state index is 0.148. The van der Waals surface area contributed by atoms with E-state index in [1.54, 1.807) is 0 Å². The highest BCUT2D eigenvalue weighted by atomic mass is 28.4. The van der Waals surface area contributed by atoms with Crippen LogP contribution in [0.5, 0.6) is 0 Å². The summed E-state index contributed by atoms with van der Waals surface area (Å²) < 4.78 is 5.95. The predicted molar refractivity (Wildman–Crippen MR) is 57.6 cm³/mol. The Balaban J connectivity index is 4.43. The molecule has 0 saturated carbocycles. The average molecular weight is 186 g/mol. The van der Waals surface area contributed by atoms with Gasteiger partial charge in [0.15, 0.2) is 0 Å². The molecule has 2 heteroatoms. The number of rotatable bonds is 2. The van der Waals surface area contributed by atoms with E-state index in [9.17, 15) is 0 Å². The van der Waals surface area contributed by atoms with Crippen LogP contribution in [0.1, 0.15) is 27.7 Å². The average Bonchev–Trinajstić information content (AvgIpc) is 1.78. The topological polar surface area (TPSA) is 9.23 Å². The van der Waals surface area contributed by atoms with Gasteiger partial charge in [0.25, 0.3) is 0 Å². The summed E-state index contributed by atoms with van der Waals surface area (Å²) in [5.41, 5.74) is 0.148. The van der Waals surface area contributed by atoms with Gasteiger partial charge in [-0.25, -0.2) is 0 Å². The second-order valence-electron chi connectivity index (χ2n) is 5.12. The molecular formula is C10H22OSi. The molecule has 72 valence electrons. The van der Waals surface area contributed by atoms with Crippen LogP contribution in [-0.2, 0) is 4.43 Å². The molecule has 0 aliphatic rings. The van der Waals surface area contributed by atoms with Crippen LogP contribution in [0, 0.1) is 5.41 Å². The van der Waals surface area contributed by atoms with Crippen LogP contribution in [0.25, 0.3) is 0 Å². The van der Waals surface area contributed by atoms with E-state index in [-0.39, 0.29) is 5.41 Å². The van der Waals surface area contributed by atoms with Gasteiger partial charge in [-0.2, -0.15) is 0 Å². The third-order valence-electron chi connectivity index (χ3n) is 1.42. The minimum Gasteiger partial charge on any atom is -0.547 e. The summed E-state index contributed by atoms with van der Waals surface area (Å²) in [6.07, 6.45) is 2.08. The molecule has 0 amide bonds. The molecule has 0 saturated heterocycles. The molecule has 0 heterocycles. The molecular weight excluding hydrogens is 164 g/mol. The number of hydrogen-bond donors (Lipinski definition) is 0. The maximum Gasteiger partial charge on any atom is 0.241 e. The van der Waals surface area contributed by atoms with Gasteiger partial charge in [-0.05, 0) is 26.6 Å². The second kappa shape index (κ2) is 3.65. The first-order valence-electron chi connectivity index (χ1n) is 4.52. The predicted octanol–water partition coefficient (Wildman–Crippen LogP) is 3.79. The molecule has 0 aromatic heterocycles. The van der Waals surface area contributed by atoms with Crippen LogP contribution < -0.4 is 0 Å². The van der Waals surface area contributed by atoms with Crippen molar-refractivity contribution in [3.05, 3.63) is 11.8 Å². The lowest BCUT2D eigenvalue weighted by atomic mass is 9.94. The van der Waals surface area contributed by atoms with Gasteiger partial charge in [0.2, 0.25) is 8.32 Å². The molecule has 1 nitrogen and oxygen atoms in total. The molecule has 0 N–H and O–H groups in total. The fraction of sp³-hybridized carbons (Fsp3) is 0.800. The van der Waals surface area contributed by atoms with E-state index in [4.69, 9.17) is 4.43 Å². The SMILES string of the molecule is C/C=C(/O[Si](C)(C)C)C(C)(C)C. The maximum absolute atomic E-state index is 5.95. The van der Waals surface area contributed by atoms with Gasteiger partial charge in [-0.3, -0.25) is 0 Å². The molecule has 0 fully saturated rings. The molecule has 0 spiro atoms. The van der Waals surface area contributed by atoms with E-state index in [0.29, 0.717) is 0 Å². The third-order valence-corrected chi connectivity index (χ3v) is 2.25. The van der Waals surface area contributed by atoms with Crippen LogP contribution in [0.15, 0.2) is 11.8 Å². The molecule has 0 bridgehead atoms. The first-order chi connectivity index (χ1) is 5.17. The molecule has 12 heavy (non-hydrogen) atoms. The smallest absolute Gasteiger partial charge is 0.241 e. The first kappa shape index (κ1) is 11.8. The summed E-state index contributed by atoms with van der Waals surface area (Å²) in [6.45, 7) is 15.2. The monoisotopic (exact) mass is 186 g/mol. The minimum atomic E-state index is -1.42. The lowest BCUT2D eigenvalue weighted by Gasteiger charge is -2.30. The fourth-order valence-corrected chi connectivity index (χ4v) is 2.06. The molecule has 0 aromatic rings. The second-order valence-corrected chi connectivity index (χ2v) is 9.55. The lowest BCUT2D eigenvalue weighted by molar-refractivity contribution is 0.288. The molecule has 0 atom stereocenters. The van der Waals surface area contributed by atoms with Crippen molar-refractivity contribution >= 4 is 8.32 Å². The lowest BCUT2D eigenvalue weighted by Crippen LogP contribution is -2.29. The van der Waals surface area contributed by atoms with Gasteiger partial charge in [0.1, 0.15) is 0 Å². The Morgan fingerprint density at radius 2 is 1.58 bits per heavy atom. The zero-order chi connectivity index (χ0) is 9.99. The number of allylic oxidation sites excluding steroid dienone is 2. The maximum atomic E-state index is 5.95. The first-order valence-corrected chi connectivity index (χ1v) is 7.93. The van der Waals surface area contributed by atoms with Gasteiger partial charge in [0, 0.05) is 5.41 Å². The molecule has 0 aliphatic carbocycles. The van der Waals surface area contributed by atoms with Crippen molar-refractivity contribution in [3.63, 3.8) is 0 Å².